The van der Waals surface area contributed by atoms with Gasteiger partial charge in [-0.3, -0.25) is 9.59 Å². The van der Waals surface area contributed by atoms with Crippen LogP contribution >= 0.6 is 0 Å². The Labute approximate surface area is 148 Å². The van der Waals surface area contributed by atoms with Crippen molar-refractivity contribution in [3.8, 4) is 0 Å². The van der Waals surface area contributed by atoms with Gasteiger partial charge < -0.3 is 14.5 Å². The normalized spacial score (nSPS) is 12.1. The zero-order valence-electron chi connectivity index (χ0n) is 16.9. The fourth-order valence-electron chi connectivity index (χ4n) is 2.73. The highest BCUT2D eigenvalue weighted by Crippen LogP contribution is 2.20. The minimum Gasteiger partial charge on any atom is -0.378 e. The van der Waals surface area contributed by atoms with E-state index in [0.29, 0.717) is 32.7 Å². The lowest BCUT2D eigenvalue weighted by atomic mass is 9.93. The molecule has 0 atom stereocenters. The first-order valence-corrected chi connectivity index (χ1v) is 9.21. The summed E-state index contributed by atoms with van der Waals surface area (Å²) in [7, 11) is 0. The highest BCUT2D eigenvalue weighted by molar-refractivity contribution is 5.76. The number of amides is 2. The van der Waals surface area contributed by atoms with Crippen molar-refractivity contribution < 1.29 is 14.3 Å². The molecule has 0 radical (unpaired) electrons. The first-order chi connectivity index (χ1) is 11.1. The van der Waals surface area contributed by atoms with E-state index in [1.807, 2.05) is 32.6 Å². The molecule has 5 nitrogen and oxygen atoms in total. The van der Waals surface area contributed by atoms with Crippen LogP contribution in [0, 0.1) is 5.41 Å². The van der Waals surface area contributed by atoms with E-state index in [1.54, 1.807) is 4.90 Å². The second kappa shape index (κ2) is 10.7. The molecule has 0 heterocycles. The number of nitrogens with zero attached hydrogens (tertiary/aromatic N) is 2. The van der Waals surface area contributed by atoms with Crippen molar-refractivity contribution in [3.63, 3.8) is 0 Å². The second-order valence-electron chi connectivity index (χ2n) is 7.87. The smallest absolute Gasteiger partial charge is 0.222 e. The Kier molecular flexibility index (Phi) is 10.2. The molecule has 0 aliphatic rings. The minimum absolute atomic E-state index is 0.119. The van der Waals surface area contributed by atoms with E-state index in [9.17, 15) is 9.59 Å². The largest absolute Gasteiger partial charge is 0.378 e. The van der Waals surface area contributed by atoms with E-state index < -0.39 is 0 Å². The Hall–Kier alpha value is -1.10. The molecule has 0 fully saturated rings. The van der Waals surface area contributed by atoms with Crippen LogP contribution in [0.1, 0.15) is 67.7 Å². The third-order valence-corrected chi connectivity index (χ3v) is 4.29. The van der Waals surface area contributed by atoms with E-state index >= 15 is 0 Å². The van der Waals surface area contributed by atoms with Crippen LogP contribution in [0.15, 0.2) is 0 Å². The SMILES string of the molecule is CCCCC(=O)N(CC)CC(C)(C)COCC(C)(C)N(C=O)CC. The van der Waals surface area contributed by atoms with Crippen LogP contribution in [0.3, 0.4) is 0 Å². The third-order valence-electron chi connectivity index (χ3n) is 4.29. The molecule has 5 heteroatoms. The van der Waals surface area contributed by atoms with E-state index in [2.05, 4.69) is 20.8 Å². The monoisotopic (exact) mass is 342 g/mol. The van der Waals surface area contributed by atoms with Crippen molar-refractivity contribution >= 4 is 12.3 Å². The molecule has 0 aromatic carbocycles. The van der Waals surface area contributed by atoms with Gasteiger partial charge in [0, 0.05) is 31.5 Å². The maximum absolute atomic E-state index is 12.3. The minimum atomic E-state index is -0.325. The lowest BCUT2D eigenvalue weighted by molar-refractivity contribution is -0.134. The van der Waals surface area contributed by atoms with Crippen LogP contribution in [-0.4, -0.2) is 60.5 Å². The Bertz CT molecular complexity index is 381. The molecular formula is C19H38N2O3. The van der Waals surface area contributed by atoms with Crippen molar-refractivity contribution in [3.05, 3.63) is 0 Å². The van der Waals surface area contributed by atoms with Crippen LogP contribution in [0.5, 0.6) is 0 Å². The number of unbranched alkanes of at least 4 members (excludes halogenated alkanes) is 1. The summed E-state index contributed by atoms with van der Waals surface area (Å²) >= 11 is 0. The van der Waals surface area contributed by atoms with Gasteiger partial charge in [0.05, 0.1) is 18.8 Å². The van der Waals surface area contributed by atoms with Gasteiger partial charge in [0.2, 0.25) is 12.3 Å². The Morgan fingerprint density at radius 3 is 2.12 bits per heavy atom. The predicted molar refractivity (Wildman–Crippen MR) is 98.9 cm³/mol. The van der Waals surface area contributed by atoms with E-state index in [-0.39, 0.29) is 16.9 Å². The Balaban J connectivity index is 4.52. The van der Waals surface area contributed by atoms with Crippen molar-refractivity contribution in [2.45, 2.75) is 73.3 Å². The van der Waals surface area contributed by atoms with Crippen LogP contribution in [0.25, 0.3) is 0 Å². The van der Waals surface area contributed by atoms with Gasteiger partial charge >= 0.3 is 0 Å². The molecule has 24 heavy (non-hydrogen) atoms. The number of hydrogen-bond acceptors (Lipinski definition) is 3. The molecule has 142 valence electrons. The highest BCUT2D eigenvalue weighted by Gasteiger charge is 2.28. The zero-order chi connectivity index (χ0) is 18.8. The van der Waals surface area contributed by atoms with Gasteiger partial charge in [-0.1, -0.05) is 27.2 Å². The van der Waals surface area contributed by atoms with Gasteiger partial charge in [-0.15, -0.1) is 0 Å². The molecule has 0 saturated heterocycles. The van der Waals surface area contributed by atoms with Crippen LogP contribution in [-0.2, 0) is 14.3 Å². The van der Waals surface area contributed by atoms with Gasteiger partial charge in [0.1, 0.15) is 0 Å². The Morgan fingerprint density at radius 2 is 1.67 bits per heavy atom. The molecule has 0 aromatic rings. The second-order valence-corrected chi connectivity index (χ2v) is 7.87. The van der Waals surface area contributed by atoms with Gasteiger partial charge in [-0.2, -0.15) is 0 Å². The Morgan fingerprint density at radius 1 is 1.04 bits per heavy atom. The molecule has 0 aromatic heterocycles. The summed E-state index contributed by atoms with van der Waals surface area (Å²) in [5, 5.41) is 0. The number of hydrogen-bond donors (Lipinski definition) is 0. The summed E-state index contributed by atoms with van der Waals surface area (Å²) in [5.74, 6) is 0.228. The first kappa shape index (κ1) is 22.9. The summed E-state index contributed by atoms with van der Waals surface area (Å²) in [6.07, 6.45) is 3.48. The quantitative estimate of drug-likeness (QED) is 0.482. The number of carbonyl (C=O) groups excluding carboxylic acids is 2. The summed E-state index contributed by atoms with van der Waals surface area (Å²) in [5.41, 5.74) is -0.444. The molecule has 0 unspecified atom stereocenters. The molecule has 0 spiro atoms. The summed E-state index contributed by atoms with van der Waals surface area (Å²) < 4.78 is 5.92. The maximum atomic E-state index is 12.3. The van der Waals surface area contributed by atoms with Crippen molar-refractivity contribution in [2.75, 3.05) is 32.8 Å². The average molecular weight is 343 g/mol. The molecule has 0 rings (SSSR count). The van der Waals surface area contributed by atoms with Crippen molar-refractivity contribution in [1.29, 1.82) is 0 Å². The molecule has 2 amide bonds. The molecular weight excluding hydrogens is 304 g/mol. The molecule has 0 aliphatic heterocycles. The summed E-state index contributed by atoms with van der Waals surface area (Å²) in [6.45, 7) is 17.5. The zero-order valence-corrected chi connectivity index (χ0v) is 16.9. The fourth-order valence-corrected chi connectivity index (χ4v) is 2.73. The summed E-state index contributed by atoms with van der Waals surface area (Å²) in [6, 6.07) is 0. The van der Waals surface area contributed by atoms with E-state index in [4.69, 9.17) is 4.74 Å². The van der Waals surface area contributed by atoms with Gasteiger partial charge in [0.25, 0.3) is 0 Å². The summed E-state index contributed by atoms with van der Waals surface area (Å²) in [4.78, 5) is 27.0. The molecule has 0 bridgehead atoms. The van der Waals surface area contributed by atoms with E-state index in [1.165, 1.54) is 0 Å². The number of likely N-dealkylation sites (N-methyl/N-ethyl adjacent to an activating group) is 1. The number of ether oxygens (including phenoxy) is 1. The van der Waals surface area contributed by atoms with Crippen LogP contribution in [0.4, 0.5) is 0 Å². The molecule has 0 aliphatic carbocycles. The third kappa shape index (κ3) is 8.13. The van der Waals surface area contributed by atoms with Gasteiger partial charge in [-0.25, -0.2) is 0 Å². The standard InChI is InChI=1S/C19H38N2O3/c1-8-11-12-17(23)20(9-2)13-18(4,5)14-24-15-19(6,7)21(10-3)16-22/h16H,8-15H2,1-7H3. The topological polar surface area (TPSA) is 49.9 Å². The lowest BCUT2D eigenvalue weighted by Gasteiger charge is -2.37. The first-order valence-electron chi connectivity index (χ1n) is 9.21. The fraction of sp³-hybridized carbons (Fsp3) is 0.895. The molecule has 0 saturated carbocycles. The van der Waals surface area contributed by atoms with Gasteiger partial charge in [0.15, 0.2) is 0 Å². The number of rotatable bonds is 13. The maximum Gasteiger partial charge on any atom is 0.222 e. The number of carbonyl (C=O) groups is 2. The van der Waals surface area contributed by atoms with Crippen LogP contribution < -0.4 is 0 Å². The van der Waals surface area contributed by atoms with Crippen molar-refractivity contribution in [2.24, 2.45) is 5.41 Å². The molecule has 0 N–H and O–H groups in total. The lowest BCUT2D eigenvalue weighted by Crippen LogP contribution is -2.47. The van der Waals surface area contributed by atoms with Crippen LogP contribution in [0.2, 0.25) is 0 Å². The van der Waals surface area contributed by atoms with Crippen molar-refractivity contribution in [1.82, 2.24) is 9.80 Å². The highest BCUT2D eigenvalue weighted by atomic mass is 16.5. The van der Waals surface area contributed by atoms with Gasteiger partial charge in [-0.05, 0) is 34.1 Å². The predicted octanol–water partition coefficient (Wildman–Crippen LogP) is 3.32. The van der Waals surface area contributed by atoms with E-state index in [0.717, 1.165) is 25.8 Å². The average Bonchev–Trinajstić information content (AvgIpc) is 2.50.